The van der Waals surface area contributed by atoms with E-state index in [9.17, 15) is 4.79 Å². The Morgan fingerprint density at radius 3 is 2.53 bits per heavy atom. The van der Waals surface area contributed by atoms with Gasteiger partial charge in [0.2, 0.25) is 0 Å². The van der Waals surface area contributed by atoms with Crippen molar-refractivity contribution in [1.29, 1.82) is 0 Å². The van der Waals surface area contributed by atoms with Crippen molar-refractivity contribution < 1.29 is 9.53 Å². The normalized spacial score (nSPS) is 10.7. The molecule has 0 aliphatic carbocycles. The third-order valence-electron chi connectivity index (χ3n) is 5.40. The van der Waals surface area contributed by atoms with Gasteiger partial charge in [-0.1, -0.05) is 54.6 Å². The van der Waals surface area contributed by atoms with E-state index in [0.717, 1.165) is 39.1 Å². The number of carbonyl (C=O) groups excluding carboxylic acids is 1. The van der Waals surface area contributed by atoms with Crippen LogP contribution in [0.1, 0.15) is 27.3 Å². The van der Waals surface area contributed by atoms with Crippen molar-refractivity contribution in [1.82, 2.24) is 9.78 Å². The highest BCUT2D eigenvalue weighted by Crippen LogP contribution is 2.25. The first-order valence-electron chi connectivity index (χ1n) is 10.2. The monoisotopic (exact) mass is 444 g/mol. The van der Waals surface area contributed by atoms with E-state index in [0.29, 0.717) is 17.2 Å². The zero-order chi connectivity index (χ0) is 22.7. The van der Waals surface area contributed by atoms with Crippen LogP contribution in [0.25, 0.3) is 10.8 Å². The number of carbonyl (C=O) groups is 1. The predicted octanol–water partition coefficient (Wildman–Crippen LogP) is 5.30. The highest BCUT2D eigenvalue weighted by molar-refractivity contribution is 7.80. The first-order valence-corrected chi connectivity index (χ1v) is 10.6. The molecule has 0 saturated carbocycles. The van der Waals surface area contributed by atoms with Crippen LogP contribution in [0.5, 0.6) is 0 Å². The number of benzene rings is 3. The van der Waals surface area contributed by atoms with Crippen LogP contribution in [0.4, 0.5) is 11.4 Å². The number of hydrogen-bond acceptors (Lipinski definition) is 4. The van der Waals surface area contributed by atoms with Crippen molar-refractivity contribution in [2.75, 3.05) is 17.7 Å². The van der Waals surface area contributed by atoms with E-state index < -0.39 is 0 Å². The van der Waals surface area contributed by atoms with Gasteiger partial charge < -0.3 is 15.4 Å². The summed E-state index contributed by atoms with van der Waals surface area (Å²) in [7, 11) is 1.38. The lowest BCUT2D eigenvalue weighted by atomic mass is 10.1. The van der Waals surface area contributed by atoms with E-state index in [2.05, 4.69) is 33.9 Å². The van der Waals surface area contributed by atoms with Gasteiger partial charge in [-0.25, -0.2) is 4.79 Å². The first-order chi connectivity index (χ1) is 15.5. The Morgan fingerprint density at radius 2 is 1.72 bits per heavy atom. The summed E-state index contributed by atoms with van der Waals surface area (Å²) >= 11 is 5.59. The van der Waals surface area contributed by atoms with Gasteiger partial charge in [-0.05, 0) is 49.1 Å². The number of aromatic nitrogens is 2. The SMILES string of the molecule is COC(=O)c1ccccc1Cn1nc(C)c(NC(=S)Nc2cccc3ccccc23)c1C. The lowest BCUT2D eigenvalue weighted by Gasteiger charge is -2.13. The van der Waals surface area contributed by atoms with E-state index in [1.165, 1.54) is 7.11 Å². The largest absolute Gasteiger partial charge is 0.465 e. The Kier molecular flexibility index (Phi) is 6.18. The Hall–Kier alpha value is -3.71. The van der Waals surface area contributed by atoms with Gasteiger partial charge in [0.1, 0.15) is 0 Å². The summed E-state index contributed by atoms with van der Waals surface area (Å²) in [4.78, 5) is 12.1. The predicted molar refractivity (Wildman–Crippen MR) is 132 cm³/mol. The number of hydrogen-bond donors (Lipinski definition) is 2. The van der Waals surface area contributed by atoms with Gasteiger partial charge in [-0.15, -0.1) is 0 Å². The quantitative estimate of drug-likeness (QED) is 0.322. The summed E-state index contributed by atoms with van der Waals surface area (Å²) in [5.74, 6) is -0.360. The lowest BCUT2D eigenvalue weighted by molar-refractivity contribution is 0.0599. The molecule has 0 saturated heterocycles. The molecule has 6 nitrogen and oxygen atoms in total. The van der Waals surface area contributed by atoms with Crippen LogP contribution in [0.15, 0.2) is 66.7 Å². The minimum Gasteiger partial charge on any atom is -0.465 e. The number of nitrogens with zero attached hydrogens (tertiary/aromatic N) is 2. The molecule has 7 heteroatoms. The maximum absolute atomic E-state index is 12.1. The van der Waals surface area contributed by atoms with Crippen molar-refractivity contribution >= 4 is 45.4 Å². The molecule has 0 unspecified atom stereocenters. The van der Waals surface area contributed by atoms with Crippen LogP contribution in [-0.4, -0.2) is 28.0 Å². The minimum atomic E-state index is -0.360. The molecule has 0 atom stereocenters. The molecular formula is C25H24N4O2S. The highest BCUT2D eigenvalue weighted by atomic mass is 32.1. The van der Waals surface area contributed by atoms with Gasteiger partial charge in [0.25, 0.3) is 0 Å². The third kappa shape index (κ3) is 4.33. The van der Waals surface area contributed by atoms with Crippen molar-refractivity contribution in [2.45, 2.75) is 20.4 Å². The fourth-order valence-electron chi connectivity index (χ4n) is 3.76. The highest BCUT2D eigenvalue weighted by Gasteiger charge is 2.16. The number of nitrogens with one attached hydrogen (secondary N) is 2. The Balaban J connectivity index is 1.55. The Labute approximate surface area is 192 Å². The summed E-state index contributed by atoms with van der Waals surface area (Å²) < 4.78 is 6.77. The van der Waals surface area contributed by atoms with E-state index in [-0.39, 0.29) is 5.97 Å². The van der Waals surface area contributed by atoms with Gasteiger partial charge in [0, 0.05) is 11.1 Å². The number of anilines is 2. The van der Waals surface area contributed by atoms with Crippen molar-refractivity contribution in [2.24, 2.45) is 0 Å². The minimum absolute atomic E-state index is 0.360. The molecule has 4 aromatic rings. The second kappa shape index (κ2) is 9.20. The standard InChI is InChI=1S/C25H24N4O2S/c1-16-23(27-25(32)26-22-14-8-11-18-9-4-6-12-20(18)22)17(2)29(28-16)15-19-10-5-7-13-21(19)24(30)31-3/h4-14H,15H2,1-3H3,(H2,26,27,32). The molecule has 0 amide bonds. The van der Waals surface area contributed by atoms with Crippen LogP contribution < -0.4 is 10.6 Å². The second-order valence-electron chi connectivity index (χ2n) is 7.46. The van der Waals surface area contributed by atoms with E-state index in [1.807, 2.05) is 61.0 Å². The molecule has 1 heterocycles. The number of ether oxygens (including phenoxy) is 1. The third-order valence-corrected chi connectivity index (χ3v) is 5.60. The topological polar surface area (TPSA) is 68.2 Å². The van der Waals surface area contributed by atoms with Gasteiger partial charge in [-0.2, -0.15) is 5.10 Å². The maximum atomic E-state index is 12.1. The Morgan fingerprint density at radius 1 is 1.00 bits per heavy atom. The summed E-state index contributed by atoms with van der Waals surface area (Å²) in [5.41, 5.74) is 4.90. The molecule has 0 fully saturated rings. The summed E-state index contributed by atoms with van der Waals surface area (Å²) in [6, 6.07) is 21.6. The maximum Gasteiger partial charge on any atom is 0.338 e. The zero-order valence-electron chi connectivity index (χ0n) is 18.2. The van der Waals surface area contributed by atoms with Gasteiger partial charge >= 0.3 is 5.97 Å². The molecule has 0 aliphatic rings. The summed E-state index contributed by atoms with van der Waals surface area (Å²) in [6.45, 7) is 4.35. The number of thiocarbonyl (C=S) groups is 1. The summed E-state index contributed by atoms with van der Waals surface area (Å²) in [6.07, 6.45) is 0. The van der Waals surface area contributed by atoms with Crippen LogP contribution in [0, 0.1) is 13.8 Å². The second-order valence-corrected chi connectivity index (χ2v) is 7.87. The molecule has 4 rings (SSSR count). The number of aryl methyl sites for hydroxylation is 1. The fraction of sp³-hybridized carbons (Fsp3) is 0.160. The average molecular weight is 445 g/mol. The van der Waals surface area contributed by atoms with E-state index >= 15 is 0 Å². The van der Waals surface area contributed by atoms with Gasteiger partial charge in [-0.3, -0.25) is 4.68 Å². The Bertz CT molecular complexity index is 1310. The van der Waals surface area contributed by atoms with E-state index in [1.54, 1.807) is 6.07 Å². The van der Waals surface area contributed by atoms with Crippen molar-refractivity contribution in [3.8, 4) is 0 Å². The zero-order valence-corrected chi connectivity index (χ0v) is 19.0. The molecule has 1 aromatic heterocycles. The van der Waals surface area contributed by atoms with Gasteiger partial charge in [0.15, 0.2) is 5.11 Å². The summed E-state index contributed by atoms with van der Waals surface area (Å²) in [5, 5.41) is 14.0. The number of methoxy groups -OCH3 is 1. The lowest BCUT2D eigenvalue weighted by Crippen LogP contribution is -2.20. The molecule has 162 valence electrons. The number of fused-ring (bicyclic) bond motifs is 1. The average Bonchev–Trinajstić information content (AvgIpc) is 3.06. The van der Waals surface area contributed by atoms with Crippen molar-refractivity contribution in [3.63, 3.8) is 0 Å². The molecular weight excluding hydrogens is 420 g/mol. The molecule has 0 aliphatic heterocycles. The molecule has 0 spiro atoms. The van der Waals surface area contributed by atoms with Crippen LogP contribution in [0.2, 0.25) is 0 Å². The fourth-order valence-corrected chi connectivity index (χ4v) is 3.97. The first kappa shape index (κ1) is 21.5. The van der Waals surface area contributed by atoms with Crippen LogP contribution >= 0.6 is 12.2 Å². The van der Waals surface area contributed by atoms with Crippen LogP contribution in [-0.2, 0) is 11.3 Å². The smallest absolute Gasteiger partial charge is 0.338 e. The van der Waals surface area contributed by atoms with Gasteiger partial charge in [0.05, 0.1) is 36.3 Å². The number of esters is 1. The molecule has 2 N–H and O–H groups in total. The molecule has 32 heavy (non-hydrogen) atoms. The molecule has 3 aromatic carbocycles. The molecule has 0 bridgehead atoms. The molecule has 0 radical (unpaired) electrons. The van der Waals surface area contributed by atoms with Crippen molar-refractivity contribution in [3.05, 3.63) is 89.2 Å². The van der Waals surface area contributed by atoms with Crippen LogP contribution in [0.3, 0.4) is 0 Å². The number of rotatable bonds is 5. The van der Waals surface area contributed by atoms with E-state index in [4.69, 9.17) is 17.0 Å².